The third-order valence-electron chi connectivity index (χ3n) is 3.50. The van der Waals surface area contributed by atoms with Gasteiger partial charge in [0.1, 0.15) is 18.5 Å². The SMILES string of the molecule is Cc1cccc(OC[C@H](O)CN2CCN(C)CC2)c1. The largest absolute Gasteiger partial charge is 0.491 e. The van der Waals surface area contributed by atoms with Crippen molar-refractivity contribution in [1.29, 1.82) is 0 Å². The molecule has 2 rings (SSSR count). The van der Waals surface area contributed by atoms with E-state index in [0.717, 1.165) is 31.9 Å². The Balaban J connectivity index is 1.71. The van der Waals surface area contributed by atoms with Gasteiger partial charge in [0.2, 0.25) is 0 Å². The highest BCUT2D eigenvalue weighted by atomic mass is 16.5. The molecule has 1 saturated heterocycles. The maximum Gasteiger partial charge on any atom is 0.119 e. The van der Waals surface area contributed by atoms with Crippen LogP contribution < -0.4 is 4.74 Å². The van der Waals surface area contributed by atoms with Gasteiger partial charge >= 0.3 is 0 Å². The molecule has 1 aliphatic rings. The molecule has 0 aliphatic carbocycles. The number of likely N-dealkylation sites (N-methyl/N-ethyl adjacent to an activating group) is 1. The lowest BCUT2D eigenvalue weighted by atomic mass is 10.2. The summed E-state index contributed by atoms with van der Waals surface area (Å²) >= 11 is 0. The zero-order chi connectivity index (χ0) is 13.7. The molecule has 1 N–H and O–H groups in total. The average molecular weight is 264 g/mol. The number of aliphatic hydroxyl groups excluding tert-OH is 1. The van der Waals surface area contributed by atoms with Crippen LogP contribution in [0.2, 0.25) is 0 Å². The molecule has 19 heavy (non-hydrogen) atoms. The van der Waals surface area contributed by atoms with Crippen molar-refractivity contribution in [3.8, 4) is 5.75 Å². The van der Waals surface area contributed by atoms with Crippen LogP contribution in [0.4, 0.5) is 0 Å². The van der Waals surface area contributed by atoms with Gasteiger partial charge in [0, 0.05) is 32.7 Å². The fourth-order valence-electron chi connectivity index (χ4n) is 2.28. The number of rotatable bonds is 5. The van der Waals surface area contributed by atoms with Gasteiger partial charge in [0.15, 0.2) is 0 Å². The molecule has 1 atom stereocenters. The second-order valence-electron chi connectivity index (χ2n) is 5.39. The molecule has 106 valence electrons. The molecule has 0 aromatic heterocycles. The lowest BCUT2D eigenvalue weighted by Gasteiger charge is -2.33. The van der Waals surface area contributed by atoms with Crippen molar-refractivity contribution in [2.75, 3.05) is 46.4 Å². The number of β-amino-alcohol motifs (C(OH)–C–C–N with tert-alkyl or cyclic N) is 1. The van der Waals surface area contributed by atoms with Crippen molar-refractivity contribution in [2.24, 2.45) is 0 Å². The monoisotopic (exact) mass is 264 g/mol. The number of aliphatic hydroxyl groups is 1. The van der Waals surface area contributed by atoms with E-state index in [1.165, 1.54) is 5.56 Å². The van der Waals surface area contributed by atoms with E-state index in [4.69, 9.17) is 4.74 Å². The number of hydrogen-bond acceptors (Lipinski definition) is 4. The standard InChI is InChI=1S/C15H24N2O2/c1-13-4-3-5-15(10-13)19-12-14(18)11-17-8-6-16(2)7-9-17/h3-5,10,14,18H,6-9,11-12H2,1-2H3/t14-/m1/s1. The highest BCUT2D eigenvalue weighted by Crippen LogP contribution is 2.12. The Kier molecular flexibility index (Phi) is 5.19. The molecule has 0 bridgehead atoms. The van der Waals surface area contributed by atoms with Crippen molar-refractivity contribution >= 4 is 0 Å². The second kappa shape index (κ2) is 6.89. The summed E-state index contributed by atoms with van der Waals surface area (Å²) in [4.78, 5) is 4.61. The number of benzene rings is 1. The van der Waals surface area contributed by atoms with E-state index in [-0.39, 0.29) is 0 Å². The number of hydrogen-bond donors (Lipinski definition) is 1. The molecule has 0 unspecified atom stereocenters. The predicted octanol–water partition coefficient (Wildman–Crippen LogP) is 0.982. The summed E-state index contributed by atoms with van der Waals surface area (Å²) in [7, 11) is 2.13. The predicted molar refractivity (Wildman–Crippen MR) is 76.6 cm³/mol. The Morgan fingerprint density at radius 1 is 1.26 bits per heavy atom. The highest BCUT2D eigenvalue weighted by Gasteiger charge is 2.17. The summed E-state index contributed by atoms with van der Waals surface area (Å²) < 4.78 is 5.62. The molecule has 1 aromatic rings. The highest BCUT2D eigenvalue weighted by molar-refractivity contribution is 5.27. The van der Waals surface area contributed by atoms with Crippen LogP contribution in [0.1, 0.15) is 5.56 Å². The summed E-state index contributed by atoms with van der Waals surface area (Å²) in [5.74, 6) is 0.831. The van der Waals surface area contributed by atoms with Gasteiger partial charge in [-0.2, -0.15) is 0 Å². The van der Waals surface area contributed by atoms with E-state index < -0.39 is 6.10 Å². The quantitative estimate of drug-likeness (QED) is 0.860. The fraction of sp³-hybridized carbons (Fsp3) is 0.600. The van der Waals surface area contributed by atoms with Gasteiger partial charge in [-0.25, -0.2) is 0 Å². The van der Waals surface area contributed by atoms with E-state index >= 15 is 0 Å². The molecule has 0 radical (unpaired) electrons. The number of nitrogens with zero attached hydrogens (tertiary/aromatic N) is 2. The van der Waals surface area contributed by atoms with Crippen LogP contribution in [-0.2, 0) is 0 Å². The van der Waals surface area contributed by atoms with E-state index in [9.17, 15) is 5.11 Å². The molecular formula is C15H24N2O2. The number of aryl methyl sites for hydroxylation is 1. The van der Waals surface area contributed by atoms with Crippen LogP contribution in [0, 0.1) is 6.92 Å². The molecule has 4 heteroatoms. The van der Waals surface area contributed by atoms with Gasteiger partial charge in [-0.05, 0) is 31.7 Å². The molecular weight excluding hydrogens is 240 g/mol. The first-order valence-electron chi connectivity index (χ1n) is 6.92. The minimum atomic E-state index is -0.427. The van der Waals surface area contributed by atoms with Crippen LogP contribution in [-0.4, -0.2) is 67.4 Å². The molecule has 1 fully saturated rings. The minimum Gasteiger partial charge on any atom is -0.491 e. The molecule has 0 saturated carbocycles. The maximum atomic E-state index is 10.0. The molecule has 1 aromatic carbocycles. The average Bonchev–Trinajstić information content (AvgIpc) is 2.39. The van der Waals surface area contributed by atoms with Gasteiger partial charge in [0.25, 0.3) is 0 Å². The summed E-state index contributed by atoms with van der Waals surface area (Å²) in [5, 5.41) is 10.0. The topological polar surface area (TPSA) is 35.9 Å². The van der Waals surface area contributed by atoms with Gasteiger partial charge in [-0.3, -0.25) is 4.90 Å². The van der Waals surface area contributed by atoms with Gasteiger partial charge in [-0.15, -0.1) is 0 Å². The smallest absolute Gasteiger partial charge is 0.119 e. The van der Waals surface area contributed by atoms with Crippen LogP contribution in [0.5, 0.6) is 5.75 Å². The first-order chi connectivity index (χ1) is 9.13. The zero-order valence-corrected chi connectivity index (χ0v) is 11.9. The molecule has 4 nitrogen and oxygen atoms in total. The second-order valence-corrected chi connectivity index (χ2v) is 5.39. The van der Waals surface area contributed by atoms with Crippen LogP contribution in [0.25, 0.3) is 0 Å². The van der Waals surface area contributed by atoms with Crippen molar-refractivity contribution in [3.05, 3.63) is 29.8 Å². The molecule has 1 heterocycles. The third-order valence-corrected chi connectivity index (χ3v) is 3.50. The first kappa shape index (κ1) is 14.3. The Morgan fingerprint density at radius 2 is 2.00 bits per heavy atom. The van der Waals surface area contributed by atoms with Crippen molar-refractivity contribution < 1.29 is 9.84 Å². The van der Waals surface area contributed by atoms with E-state index in [2.05, 4.69) is 16.8 Å². The first-order valence-corrected chi connectivity index (χ1v) is 6.92. The summed E-state index contributed by atoms with van der Waals surface area (Å²) in [6, 6.07) is 7.92. The Bertz CT molecular complexity index is 389. The van der Waals surface area contributed by atoms with Crippen molar-refractivity contribution in [1.82, 2.24) is 9.80 Å². The van der Waals surface area contributed by atoms with Gasteiger partial charge in [-0.1, -0.05) is 12.1 Å². The lowest BCUT2D eigenvalue weighted by molar-refractivity contribution is 0.0504. The van der Waals surface area contributed by atoms with Gasteiger partial charge < -0.3 is 14.7 Å². The number of piperazine rings is 1. The zero-order valence-electron chi connectivity index (χ0n) is 11.9. The van der Waals surface area contributed by atoms with Gasteiger partial charge in [0.05, 0.1) is 0 Å². The van der Waals surface area contributed by atoms with Crippen molar-refractivity contribution in [3.63, 3.8) is 0 Å². The molecule has 0 amide bonds. The Morgan fingerprint density at radius 3 is 2.68 bits per heavy atom. The van der Waals surface area contributed by atoms with Crippen molar-refractivity contribution in [2.45, 2.75) is 13.0 Å². The van der Waals surface area contributed by atoms with E-state index in [1.54, 1.807) is 0 Å². The maximum absolute atomic E-state index is 10.0. The normalized spacial score (nSPS) is 19.3. The molecule has 0 spiro atoms. The lowest BCUT2D eigenvalue weighted by Crippen LogP contribution is -2.47. The summed E-state index contributed by atoms with van der Waals surface area (Å²) in [6.07, 6.45) is -0.427. The molecule has 1 aliphatic heterocycles. The third kappa shape index (κ3) is 4.82. The van der Waals surface area contributed by atoms with E-state index in [0.29, 0.717) is 13.2 Å². The summed E-state index contributed by atoms with van der Waals surface area (Å²) in [5.41, 5.74) is 1.17. The Labute approximate surface area is 115 Å². The minimum absolute atomic E-state index is 0.357. The summed E-state index contributed by atoms with van der Waals surface area (Å²) in [6.45, 7) is 7.29. The van der Waals surface area contributed by atoms with Crippen LogP contribution in [0.15, 0.2) is 24.3 Å². The van der Waals surface area contributed by atoms with Crippen LogP contribution in [0.3, 0.4) is 0 Å². The number of ether oxygens (including phenoxy) is 1. The van der Waals surface area contributed by atoms with E-state index in [1.807, 2.05) is 31.2 Å². The van der Waals surface area contributed by atoms with Crippen LogP contribution >= 0.6 is 0 Å². The fourth-order valence-corrected chi connectivity index (χ4v) is 2.28. The Hall–Kier alpha value is -1.10.